The summed E-state index contributed by atoms with van der Waals surface area (Å²) >= 11 is 0. The number of carboxylic acid groups (broad SMARTS) is 1. The van der Waals surface area contributed by atoms with E-state index in [1.54, 1.807) is 0 Å². The van der Waals surface area contributed by atoms with Gasteiger partial charge >= 0.3 is 5.97 Å². The van der Waals surface area contributed by atoms with Crippen LogP contribution in [0.3, 0.4) is 0 Å². The van der Waals surface area contributed by atoms with E-state index in [2.05, 4.69) is 9.97 Å². The highest BCUT2D eigenvalue weighted by Crippen LogP contribution is 2.24. The number of benzene rings is 1. The maximum absolute atomic E-state index is 14.1. The minimum Gasteiger partial charge on any atom is -0.478 e. The molecule has 0 spiro atoms. The molecule has 0 amide bonds. The van der Waals surface area contributed by atoms with Crippen LogP contribution in [0.1, 0.15) is 16.1 Å². The molecular weight excluding hydrogens is 308 g/mol. The fraction of sp³-hybridized carbons (Fsp3) is 0.0667. The molecule has 0 unspecified atom stereocenters. The number of rotatable bonds is 2. The molecule has 0 atom stereocenters. The lowest BCUT2D eigenvalue weighted by atomic mass is 10.0. The Morgan fingerprint density at radius 1 is 1.26 bits per heavy atom. The number of nitrogens with zero attached hydrogens (tertiary/aromatic N) is 3. The number of halogens is 2. The molecule has 0 radical (unpaired) electrons. The van der Waals surface area contributed by atoms with E-state index < -0.39 is 28.5 Å². The normalized spacial score (nSPS) is 10.9. The molecule has 0 fully saturated rings. The molecule has 6 nitrogen and oxygen atoms in total. The van der Waals surface area contributed by atoms with Gasteiger partial charge in [0.05, 0.1) is 17.1 Å². The lowest BCUT2D eigenvalue weighted by Crippen LogP contribution is -2.26. The molecule has 0 aliphatic heterocycles. The number of hydrogen-bond donors (Lipinski definition) is 1. The van der Waals surface area contributed by atoms with E-state index >= 15 is 0 Å². The summed E-state index contributed by atoms with van der Waals surface area (Å²) in [6.07, 6.45) is 3.89. The molecule has 0 bridgehead atoms. The van der Waals surface area contributed by atoms with Crippen LogP contribution in [0.5, 0.6) is 0 Å². The fourth-order valence-electron chi connectivity index (χ4n) is 2.49. The van der Waals surface area contributed by atoms with Crippen molar-refractivity contribution in [1.29, 1.82) is 0 Å². The Bertz CT molecular complexity index is 1000. The summed E-state index contributed by atoms with van der Waals surface area (Å²) < 4.78 is 28.5. The van der Waals surface area contributed by atoms with Crippen molar-refractivity contribution >= 4 is 16.7 Å². The fourth-order valence-corrected chi connectivity index (χ4v) is 2.49. The summed E-state index contributed by atoms with van der Waals surface area (Å²) in [5.74, 6) is -3.98. The van der Waals surface area contributed by atoms with Crippen molar-refractivity contribution in [1.82, 2.24) is 14.5 Å². The van der Waals surface area contributed by atoms with Crippen LogP contribution >= 0.6 is 0 Å². The Labute approximate surface area is 127 Å². The minimum absolute atomic E-state index is 0.0167. The van der Waals surface area contributed by atoms with Crippen LogP contribution in [0.25, 0.3) is 16.6 Å². The Morgan fingerprint density at radius 3 is 2.61 bits per heavy atom. The van der Waals surface area contributed by atoms with Crippen LogP contribution in [-0.2, 0) is 0 Å². The number of aromatic carboxylic acids is 1. The number of fused-ring (bicyclic) bond motifs is 1. The van der Waals surface area contributed by atoms with Gasteiger partial charge in [0, 0.05) is 23.5 Å². The first-order valence-corrected chi connectivity index (χ1v) is 6.46. The van der Waals surface area contributed by atoms with E-state index in [0.29, 0.717) is 0 Å². The van der Waals surface area contributed by atoms with Gasteiger partial charge in [-0.25, -0.2) is 18.6 Å². The summed E-state index contributed by atoms with van der Waals surface area (Å²) in [7, 11) is 0. The molecule has 1 aromatic carbocycles. The summed E-state index contributed by atoms with van der Waals surface area (Å²) in [6.45, 7) is 1.39. The molecule has 2 aromatic heterocycles. The molecule has 0 aliphatic rings. The van der Waals surface area contributed by atoms with Crippen LogP contribution in [-0.4, -0.2) is 25.6 Å². The van der Waals surface area contributed by atoms with E-state index in [9.17, 15) is 23.5 Å². The molecular formula is C15H9F2N3O3. The monoisotopic (exact) mass is 317 g/mol. The molecule has 1 N–H and O–H groups in total. The second-order valence-electron chi connectivity index (χ2n) is 4.75. The van der Waals surface area contributed by atoms with Crippen LogP contribution in [0, 0.1) is 18.6 Å². The summed E-state index contributed by atoms with van der Waals surface area (Å²) in [5, 5.41) is 8.61. The number of carboxylic acids is 1. The Balaban J connectivity index is 2.59. The lowest BCUT2D eigenvalue weighted by Gasteiger charge is -2.14. The third-order valence-electron chi connectivity index (χ3n) is 3.47. The van der Waals surface area contributed by atoms with Crippen molar-refractivity contribution in [3.8, 4) is 5.82 Å². The van der Waals surface area contributed by atoms with Crippen molar-refractivity contribution in [3.63, 3.8) is 0 Å². The van der Waals surface area contributed by atoms with Gasteiger partial charge < -0.3 is 5.11 Å². The first-order chi connectivity index (χ1) is 10.9. The summed E-state index contributed by atoms with van der Waals surface area (Å²) in [6, 6.07) is 1.86. The smallest absolute Gasteiger partial charge is 0.338 e. The van der Waals surface area contributed by atoms with E-state index in [1.165, 1.54) is 25.5 Å². The van der Waals surface area contributed by atoms with Gasteiger partial charge in [0.15, 0.2) is 17.5 Å². The highest BCUT2D eigenvalue weighted by Gasteiger charge is 2.23. The number of hydrogen-bond acceptors (Lipinski definition) is 4. The van der Waals surface area contributed by atoms with E-state index in [-0.39, 0.29) is 22.5 Å². The standard InChI is InChI=1S/C15H9F2N3O3/c1-7-11(15(22)23)8-2-3-9(16)13(17)12(8)14(21)20(7)10-6-18-4-5-19-10/h2-6H,1H3,(H,22,23). The second kappa shape index (κ2) is 5.24. The van der Waals surface area contributed by atoms with Crippen molar-refractivity contribution < 1.29 is 18.7 Å². The zero-order chi connectivity index (χ0) is 16.7. The SMILES string of the molecule is Cc1c(C(=O)O)c2ccc(F)c(F)c2c(=O)n1-c1cnccn1. The lowest BCUT2D eigenvalue weighted by molar-refractivity contribution is 0.0697. The first-order valence-electron chi connectivity index (χ1n) is 6.46. The molecule has 8 heteroatoms. The molecule has 0 saturated heterocycles. The maximum Gasteiger partial charge on any atom is 0.338 e. The van der Waals surface area contributed by atoms with Crippen LogP contribution in [0.15, 0.2) is 35.5 Å². The van der Waals surface area contributed by atoms with Crippen molar-refractivity contribution in [2.24, 2.45) is 0 Å². The summed E-state index contributed by atoms with van der Waals surface area (Å²) in [4.78, 5) is 31.9. The number of aromatic nitrogens is 3. The first kappa shape index (κ1) is 14.8. The van der Waals surface area contributed by atoms with Gasteiger partial charge in [0.25, 0.3) is 5.56 Å². The highest BCUT2D eigenvalue weighted by atomic mass is 19.2. The van der Waals surface area contributed by atoms with Gasteiger partial charge in [-0.1, -0.05) is 6.07 Å². The Morgan fingerprint density at radius 2 is 2.00 bits per heavy atom. The van der Waals surface area contributed by atoms with E-state index in [1.807, 2.05) is 0 Å². The topological polar surface area (TPSA) is 85.1 Å². The van der Waals surface area contributed by atoms with Gasteiger partial charge in [-0.3, -0.25) is 14.3 Å². The van der Waals surface area contributed by atoms with Gasteiger partial charge in [-0.15, -0.1) is 0 Å². The third-order valence-corrected chi connectivity index (χ3v) is 3.47. The van der Waals surface area contributed by atoms with Crippen molar-refractivity contribution in [2.75, 3.05) is 0 Å². The predicted molar refractivity (Wildman–Crippen MR) is 76.7 cm³/mol. The zero-order valence-corrected chi connectivity index (χ0v) is 11.7. The molecule has 3 aromatic rings. The third kappa shape index (κ3) is 2.15. The van der Waals surface area contributed by atoms with Gasteiger partial charge in [-0.05, 0) is 13.0 Å². The van der Waals surface area contributed by atoms with Crippen molar-refractivity contribution in [3.05, 3.63) is 64.0 Å². The minimum atomic E-state index is -1.40. The molecule has 0 aliphatic carbocycles. The average molecular weight is 317 g/mol. The van der Waals surface area contributed by atoms with Crippen molar-refractivity contribution in [2.45, 2.75) is 6.92 Å². The van der Waals surface area contributed by atoms with E-state index in [4.69, 9.17) is 0 Å². The molecule has 23 heavy (non-hydrogen) atoms. The Hall–Kier alpha value is -3.16. The van der Waals surface area contributed by atoms with Crippen LogP contribution in [0.2, 0.25) is 0 Å². The average Bonchev–Trinajstić information content (AvgIpc) is 2.51. The summed E-state index contributed by atoms with van der Waals surface area (Å²) in [5.41, 5.74) is -1.16. The number of carbonyl (C=O) groups is 1. The maximum atomic E-state index is 14.1. The van der Waals surface area contributed by atoms with E-state index in [0.717, 1.165) is 16.7 Å². The quantitative estimate of drug-likeness (QED) is 0.782. The van der Waals surface area contributed by atoms with Crippen LogP contribution < -0.4 is 5.56 Å². The highest BCUT2D eigenvalue weighted by molar-refractivity contribution is 6.04. The largest absolute Gasteiger partial charge is 0.478 e. The zero-order valence-electron chi connectivity index (χ0n) is 11.7. The Kier molecular flexibility index (Phi) is 3.36. The number of pyridine rings is 1. The molecule has 2 heterocycles. The molecule has 116 valence electrons. The molecule has 0 saturated carbocycles. The second-order valence-corrected chi connectivity index (χ2v) is 4.75. The van der Waals surface area contributed by atoms with Gasteiger partial charge in [-0.2, -0.15) is 0 Å². The van der Waals surface area contributed by atoms with Gasteiger partial charge in [0.2, 0.25) is 0 Å². The van der Waals surface area contributed by atoms with Crippen LogP contribution in [0.4, 0.5) is 8.78 Å². The predicted octanol–water partition coefficient (Wildman–Crippen LogP) is 2.07. The molecule has 3 rings (SSSR count). The van der Waals surface area contributed by atoms with Gasteiger partial charge in [0.1, 0.15) is 0 Å².